The minimum Gasteiger partial charge on any atom is -0.339 e. The van der Waals surface area contributed by atoms with Crippen LogP contribution in [0, 0.1) is 0 Å². The van der Waals surface area contributed by atoms with Gasteiger partial charge in [-0.3, -0.25) is 4.79 Å². The van der Waals surface area contributed by atoms with Gasteiger partial charge in [-0.2, -0.15) is 0 Å². The van der Waals surface area contributed by atoms with E-state index in [1.54, 1.807) is 0 Å². The van der Waals surface area contributed by atoms with Gasteiger partial charge in [-0.25, -0.2) is 0 Å². The molecule has 1 heterocycles. The van der Waals surface area contributed by atoms with E-state index in [1.165, 1.54) is 0 Å². The van der Waals surface area contributed by atoms with Gasteiger partial charge in [0.25, 0.3) is 5.91 Å². The Labute approximate surface area is 101 Å². The molecule has 1 aliphatic rings. The fraction of sp³-hybridized carbons (Fsp3) is 0.267. The highest BCUT2D eigenvalue weighted by molar-refractivity contribution is 6.07. The number of carbonyl (C=O) groups excluding carboxylic acids is 1. The van der Waals surface area contributed by atoms with E-state index in [2.05, 4.69) is 12.1 Å². The molecule has 1 aliphatic heterocycles. The first-order valence-corrected chi connectivity index (χ1v) is 6.13. The maximum atomic E-state index is 12.4. The van der Waals surface area contributed by atoms with Crippen LogP contribution >= 0.6 is 0 Å². The van der Waals surface area contributed by atoms with E-state index >= 15 is 0 Å². The Kier molecular flexibility index (Phi) is 2.56. The summed E-state index contributed by atoms with van der Waals surface area (Å²) in [4.78, 5) is 14.3. The zero-order valence-electron chi connectivity index (χ0n) is 9.73. The van der Waals surface area contributed by atoms with E-state index in [4.69, 9.17) is 0 Å². The number of nitrogens with zero attached hydrogens (tertiary/aromatic N) is 1. The van der Waals surface area contributed by atoms with Crippen molar-refractivity contribution in [1.29, 1.82) is 0 Å². The van der Waals surface area contributed by atoms with Crippen LogP contribution in [0.25, 0.3) is 10.8 Å². The number of carbonyl (C=O) groups is 1. The normalized spacial score (nSPS) is 15.4. The highest BCUT2D eigenvalue weighted by Crippen LogP contribution is 2.21. The fourth-order valence-electron chi connectivity index (χ4n) is 2.50. The minimum atomic E-state index is 0.180. The van der Waals surface area contributed by atoms with Crippen molar-refractivity contribution in [2.75, 3.05) is 13.1 Å². The molecule has 1 fully saturated rings. The van der Waals surface area contributed by atoms with Crippen LogP contribution in [0.15, 0.2) is 42.5 Å². The van der Waals surface area contributed by atoms with E-state index in [-0.39, 0.29) is 5.91 Å². The topological polar surface area (TPSA) is 20.3 Å². The summed E-state index contributed by atoms with van der Waals surface area (Å²) in [6, 6.07) is 14.0. The molecule has 0 aromatic heterocycles. The minimum absolute atomic E-state index is 0.180. The predicted octanol–water partition coefficient (Wildman–Crippen LogP) is 3.08. The molecule has 0 N–H and O–H groups in total. The van der Waals surface area contributed by atoms with E-state index in [0.717, 1.165) is 42.3 Å². The molecule has 2 aromatic carbocycles. The molecule has 0 radical (unpaired) electrons. The predicted molar refractivity (Wildman–Crippen MR) is 69.1 cm³/mol. The summed E-state index contributed by atoms with van der Waals surface area (Å²) >= 11 is 0. The molecule has 1 saturated heterocycles. The monoisotopic (exact) mass is 225 g/mol. The number of hydrogen-bond acceptors (Lipinski definition) is 1. The zero-order chi connectivity index (χ0) is 11.7. The van der Waals surface area contributed by atoms with E-state index in [1.807, 2.05) is 35.2 Å². The molecule has 0 unspecified atom stereocenters. The summed E-state index contributed by atoms with van der Waals surface area (Å²) in [6.45, 7) is 1.81. The van der Waals surface area contributed by atoms with Gasteiger partial charge in [0.1, 0.15) is 0 Å². The zero-order valence-corrected chi connectivity index (χ0v) is 9.73. The average Bonchev–Trinajstić information content (AvgIpc) is 2.91. The summed E-state index contributed by atoms with van der Waals surface area (Å²) in [5.74, 6) is 0.180. The maximum Gasteiger partial charge on any atom is 0.254 e. The Hall–Kier alpha value is -1.83. The number of benzene rings is 2. The third-order valence-electron chi connectivity index (χ3n) is 3.41. The first-order chi connectivity index (χ1) is 8.36. The van der Waals surface area contributed by atoms with Crippen LogP contribution in [0.2, 0.25) is 0 Å². The fourth-order valence-corrected chi connectivity index (χ4v) is 2.50. The van der Waals surface area contributed by atoms with Crippen LogP contribution in [0.1, 0.15) is 23.2 Å². The lowest BCUT2D eigenvalue weighted by Gasteiger charge is -2.16. The SMILES string of the molecule is O=C(c1cccc2ccccc12)N1CCCC1. The highest BCUT2D eigenvalue weighted by atomic mass is 16.2. The molecule has 3 rings (SSSR count). The second kappa shape index (κ2) is 4.21. The first-order valence-electron chi connectivity index (χ1n) is 6.13. The summed E-state index contributed by atoms with van der Waals surface area (Å²) in [6.07, 6.45) is 2.27. The van der Waals surface area contributed by atoms with Gasteiger partial charge < -0.3 is 4.90 Å². The van der Waals surface area contributed by atoms with Crippen LogP contribution in [-0.2, 0) is 0 Å². The Morgan fingerprint density at radius 1 is 0.941 bits per heavy atom. The molecule has 86 valence electrons. The lowest BCUT2D eigenvalue weighted by Crippen LogP contribution is -2.27. The lowest BCUT2D eigenvalue weighted by molar-refractivity contribution is 0.0795. The van der Waals surface area contributed by atoms with Crippen molar-refractivity contribution in [3.63, 3.8) is 0 Å². The molecular weight excluding hydrogens is 210 g/mol. The Morgan fingerprint density at radius 3 is 2.47 bits per heavy atom. The van der Waals surface area contributed by atoms with Gasteiger partial charge in [0.15, 0.2) is 0 Å². The molecule has 0 spiro atoms. The second-order valence-electron chi connectivity index (χ2n) is 4.53. The van der Waals surface area contributed by atoms with Crippen molar-refractivity contribution in [3.8, 4) is 0 Å². The Bertz CT molecular complexity index is 550. The number of likely N-dealkylation sites (tertiary alicyclic amines) is 1. The molecular formula is C15H15NO. The second-order valence-corrected chi connectivity index (χ2v) is 4.53. The molecule has 0 saturated carbocycles. The number of hydrogen-bond donors (Lipinski definition) is 0. The third kappa shape index (κ3) is 1.80. The summed E-state index contributed by atoms with van der Waals surface area (Å²) < 4.78 is 0. The molecule has 2 heteroatoms. The van der Waals surface area contributed by atoms with Gasteiger partial charge in [-0.1, -0.05) is 36.4 Å². The third-order valence-corrected chi connectivity index (χ3v) is 3.41. The number of fused-ring (bicyclic) bond motifs is 1. The largest absolute Gasteiger partial charge is 0.339 e. The van der Waals surface area contributed by atoms with Gasteiger partial charge >= 0.3 is 0 Å². The van der Waals surface area contributed by atoms with E-state index in [0.29, 0.717) is 0 Å². The van der Waals surface area contributed by atoms with Gasteiger partial charge in [-0.05, 0) is 29.7 Å². The number of amides is 1. The van der Waals surface area contributed by atoms with Crippen molar-refractivity contribution in [3.05, 3.63) is 48.0 Å². The molecule has 17 heavy (non-hydrogen) atoms. The molecule has 0 bridgehead atoms. The maximum absolute atomic E-state index is 12.4. The molecule has 2 aromatic rings. The summed E-state index contributed by atoms with van der Waals surface area (Å²) in [7, 11) is 0. The molecule has 2 nitrogen and oxygen atoms in total. The van der Waals surface area contributed by atoms with E-state index < -0.39 is 0 Å². The van der Waals surface area contributed by atoms with Crippen molar-refractivity contribution >= 4 is 16.7 Å². The molecule has 1 amide bonds. The summed E-state index contributed by atoms with van der Waals surface area (Å²) in [5.41, 5.74) is 0.838. The molecule has 0 aliphatic carbocycles. The average molecular weight is 225 g/mol. The van der Waals surface area contributed by atoms with Crippen LogP contribution in [0.4, 0.5) is 0 Å². The lowest BCUT2D eigenvalue weighted by atomic mass is 10.0. The van der Waals surface area contributed by atoms with Crippen LogP contribution in [0.5, 0.6) is 0 Å². The standard InChI is InChI=1S/C15H15NO/c17-15(16-10-3-4-11-16)14-9-5-7-12-6-1-2-8-13(12)14/h1-2,5-9H,3-4,10-11H2. The Balaban J connectivity index is 2.07. The summed E-state index contributed by atoms with van der Waals surface area (Å²) in [5, 5.41) is 2.20. The van der Waals surface area contributed by atoms with Crippen molar-refractivity contribution in [1.82, 2.24) is 4.90 Å². The Morgan fingerprint density at radius 2 is 1.65 bits per heavy atom. The highest BCUT2D eigenvalue weighted by Gasteiger charge is 2.20. The van der Waals surface area contributed by atoms with Crippen LogP contribution < -0.4 is 0 Å². The number of rotatable bonds is 1. The van der Waals surface area contributed by atoms with Gasteiger partial charge in [-0.15, -0.1) is 0 Å². The van der Waals surface area contributed by atoms with Gasteiger partial charge in [0, 0.05) is 18.7 Å². The van der Waals surface area contributed by atoms with Crippen molar-refractivity contribution in [2.45, 2.75) is 12.8 Å². The van der Waals surface area contributed by atoms with Crippen molar-refractivity contribution < 1.29 is 4.79 Å². The van der Waals surface area contributed by atoms with Crippen LogP contribution in [-0.4, -0.2) is 23.9 Å². The quantitative estimate of drug-likeness (QED) is 0.730. The smallest absolute Gasteiger partial charge is 0.254 e. The van der Waals surface area contributed by atoms with Crippen molar-refractivity contribution in [2.24, 2.45) is 0 Å². The van der Waals surface area contributed by atoms with Crippen LogP contribution in [0.3, 0.4) is 0 Å². The molecule has 0 atom stereocenters. The van der Waals surface area contributed by atoms with Gasteiger partial charge in [0.05, 0.1) is 0 Å². The first kappa shape index (κ1) is 10.3. The van der Waals surface area contributed by atoms with Gasteiger partial charge in [0.2, 0.25) is 0 Å². The van der Waals surface area contributed by atoms with E-state index in [9.17, 15) is 4.79 Å².